The van der Waals surface area contributed by atoms with Crippen LogP contribution in [0.15, 0.2) is 45.3 Å². The van der Waals surface area contributed by atoms with Gasteiger partial charge in [-0.15, -0.1) is 0 Å². The van der Waals surface area contributed by atoms with E-state index in [0.29, 0.717) is 40.2 Å². The average molecular weight is 470 g/mol. The molecule has 4 rings (SSSR count). The van der Waals surface area contributed by atoms with E-state index in [2.05, 4.69) is 26.2 Å². The molecule has 7 nitrogen and oxygen atoms in total. The predicted octanol–water partition coefficient (Wildman–Crippen LogP) is 4.73. The van der Waals surface area contributed by atoms with Crippen LogP contribution in [0, 0.1) is 0 Å². The summed E-state index contributed by atoms with van der Waals surface area (Å²) >= 11 is 3.31. The van der Waals surface area contributed by atoms with Gasteiger partial charge in [-0.25, -0.2) is 4.98 Å². The zero-order chi connectivity index (χ0) is 21.4. The Kier molecular flexibility index (Phi) is 5.42. The number of benzene rings is 2. The maximum Gasteiger partial charge on any atom is 0.261 e. The molecule has 3 amide bonds. The molecule has 0 atom stereocenters. The summed E-state index contributed by atoms with van der Waals surface area (Å²) < 4.78 is 6.41. The van der Waals surface area contributed by atoms with Crippen LogP contribution in [-0.4, -0.2) is 34.2 Å². The van der Waals surface area contributed by atoms with Crippen LogP contribution in [0.2, 0.25) is 0 Å². The zero-order valence-corrected chi connectivity index (χ0v) is 18.2. The molecule has 0 unspecified atom stereocenters. The van der Waals surface area contributed by atoms with E-state index in [0.717, 1.165) is 4.47 Å². The van der Waals surface area contributed by atoms with E-state index in [1.807, 2.05) is 13.8 Å². The minimum absolute atomic E-state index is 0.179. The Hall–Kier alpha value is -3.00. The summed E-state index contributed by atoms with van der Waals surface area (Å²) in [6, 6.07) is 10.3. The van der Waals surface area contributed by atoms with E-state index in [-0.39, 0.29) is 36.6 Å². The molecule has 154 valence electrons. The molecule has 0 fully saturated rings. The van der Waals surface area contributed by atoms with Gasteiger partial charge in [0, 0.05) is 29.0 Å². The van der Waals surface area contributed by atoms with E-state index in [9.17, 15) is 14.4 Å². The van der Waals surface area contributed by atoms with Crippen molar-refractivity contribution in [3.05, 3.63) is 57.9 Å². The third kappa shape index (κ3) is 3.87. The normalized spacial score (nSPS) is 13.4. The number of hydrogen-bond acceptors (Lipinski definition) is 5. The lowest BCUT2D eigenvalue weighted by molar-refractivity contribution is -0.116. The standard InChI is InChI=1S/C22H20BrN3O4/c1-12(2)20-25-17-11-14(6-8-18(17)30-20)24-19(27)4-3-9-26-21(28)15-7-5-13(23)10-16(15)22(26)29/h5-8,10-12H,3-4,9H2,1-2H3,(H,24,27). The molecule has 1 N–H and O–H groups in total. The fourth-order valence-electron chi connectivity index (χ4n) is 3.36. The largest absolute Gasteiger partial charge is 0.440 e. The molecule has 0 radical (unpaired) electrons. The molecule has 1 aliphatic heterocycles. The number of aromatic nitrogens is 1. The van der Waals surface area contributed by atoms with Crippen molar-refractivity contribution in [2.24, 2.45) is 0 Å². The van der Waals surface area contributed by atoms with Crippen molar-refractivity contribution in [2.45, 2.75) is 32.6 Å². The molecule has 2 heterocycles. The predicted molar refractivity (Wildman–Crippen MR) is 115 cm³/mol. The molecule has 30 heavy (non-hydrogen) atoms. The van der Waals surface area contributed by atoms with Crippen LogP contribution in [0.5, 0.6) is 0 Å². The molecule has 8 heteroatoms. The van der Waals surface area contributed by atoms with Crippen LogP contribution in [0.1, 0.15) is 59.2 Å². The third-order valence-electron chi connectivity index (χ3n) is 4.90. The first kappa shape index (κ1) is 20.3. The molecule has 0 aliphatic carbocycles. The molecule has 0 saturated heterocycles. The molecule has 1 aliphatic rings. The fraction of sp³-hybridized carbons (Fsp3) is 0.273. The van der Waals surface area contributed by atoms with Crippen LogP contribution in [-0.2, 0) is 4.79 Å². The molecule has 0 spiro atoms. The van der Waals surface area contributed by atoms with E-state index >= 15 is 0 Å². The lowest BCUT2D eigenvalue weighted by Crippen LogP contribution is -2.31. The van der Waals surface area contributed by atoms with Gasteiger partial charge in [0.15, 0.2) is 11.5 Å². The highest BCUT2D eigenvalue weighted by atomic mass is 79.9. The number of nitrogens with zero attached hydrogens (tertiary/aromatic N) is 2. The topological polar surface area (TPSA) is 92.5 Å². The fourth-order valence-corrected chi connectivity index (χ4v) is 3.72. The number of halogens is 1. The molecular formula is C22H20BrN3O4. The van der Waals surface area contributed by atoms with Crippen LogP contribution in [0.3, 0.4) is 0 Å². The van der Waals surface area contributed by atoms with E-state index in [1.54, 1.807) is 36.4 Å². The second-order valence-corrected chi connectivity index (χ2v) is 8.41. The Morgan fingerprint density at radius 2 is 1.90 bits per heavy atom. The number of carbonyl (C=O) groups is 3. The van der Waals surface area contributed by atoms with Crippen molar-refractivity contribution in [1.29, 1.82) is 0 Å². The lowest BCUT2D eigenvalue weighted by atomic mass is 10.1. The van der Waals surface area contributed by atoms with E-state index < -0.39 is 0 Å². The summed E-state index contributed by atoms with van der Waals surface area (Å²) in [6.45, 7) is 4.19. The van der Waals surface area contributed by atoms with Gasteiger partial charge < -0.3 is 9.73 Å². The summed E-state index contributed by atoms with van der Waals surface area (Å²) in [5, 5.41) is 2.83. The smallest absolute Gasteiger partial charge is 0.261 e. The first-order valence-corrected chi connectivity index (χ1v) is 10.5. The number of amides is 3. The summed E-state index contributed by atoms with van der Waals surface area (Å²) in [4.78, 5) is 42.8. The Morgan fingerprint density at radius 1 is 1.13 bits per heavy atom. The summed E-state index contributed by atoms with van der Waals surface area (Å²) in [6.07, 6.45) is 0.563. The van der Waals surface area contributed by atoms with Gasteiger partial charge in [0.25, 0.3) is 11.8 Å². The van der Waals surface area contributed by atoms with Gasteiger partial charge in [-0.3, -0.25) is 19.3 Å². The third-order valence-corrected chi connectivity index (χ3v) is 5.39. The molecule has 3 aromatic rings. The second-order valence-electron chi connectivity index (χ2n) is 7.49. The number of oxazole rings is 1. The number of nitrogens with one attached hydrogen (secondary N) is 1. The number of rotatable bonds is 6. The lowest BCUT2D eigenvalue weighted by Gasteiger charge is -2.13. The Bertz CT molecular complexity index is 1170. The number of carbonyl (C=O) groups excluding carboxylic acids is 3. The maximum absolute atomic E-state index is 12.5. The molecule has 2 aromatic carbocycles. The van der Waals surface area contributed by atoms with Crippen LogP contribution >= 0.6 is 15.9 Å². The van der Waals surface area contributed by atoms with Gasteiger partial charge in [0.1, 0.15) is 5.52 Å². The minimum Gasteiger partial charge on any atom is -0.440 e. The van der Waals surface area contributed by atoms with E-state index in [4.69, 9.17) is 4.42 Å². The number of imide groups is 1. The summed E-state index contributed by atoms with van der Waals surface area (Å²) in [5.74, 6) is -0.00377. The highest BCUT2D eigenvalue weighted by Crippen LogP contribution is 2.27. The van der Waals surface area contributed by atoms with E-state index in [1.165, 1.54) is 4.90 Å². The van der Waals surface area contributed by atoms with Gasteiger partial charge in [0.05, 0.1) is 11.1 Å². The van der Waals surface area contributed by atoms with Crippen LogP contribution < -0.4 is 5.32 Å². The van der Waals surface area contributed by atoms with Gasteiger partial charge >= 0.3 is 0 Å². The summed E-state index contributed by atoms with van der Waals surface area (Å²) in [7, 11) is 0. The highest BCUT2D eigenvalue weighted by Gasteiger charge is 2.35. The monoisotopic (exact) mass is 469 g/mol. The van der Waals surface area contributed by atoms with Crippen molar-refractivity contribution >= 4 is 50.4 Å². The van der Waals surface area contributed by atoms with Crippen molar-refractivity contribution in [1.82, 2.24) is 9.88 Å². The first-order valence-electron chi connectivity index (χ1n) is 9.69. The number of anilines is 1. The Labute approximate surface area is 181 Å². The van der Waals surface area contributed by atoms with Crippen molar-refractivity contribution in [3.8, 4) is 0 Å². The molecule has 0 saturated carbocycles. The molecular weight excluding hydrogens is 450 g/mol. The maximum atomic E-state index is 12.5. The second kappa shape index (κ2) is 8.02. The Balaban J connectivity index is 1.34. The SMILES string of the molecule is CC(C)c1nc2cc(NC(=O)CCCN3C(=O)c4ccc(Br)cc4C3=O)ccc2o1. The van der Waals surface area contributed by atoms with Gasteiger partial charge in [-0.2, -0.15) is 0 Å². The number of hydrogen-bond donors (Lipinski definition) is 1. The van der Waals surface area contributed by atoms with Gasteiger partial charge in [0.2, 0.25) is 5.91 Å². The highest BCUT2D eigenvalue weighted by molar-refractivity contribution is 9.10. The van der Waals surface area contributed by atoms with Crippen LogP contribution in [0.25, 0.3) is 11.1 Å². The zero-order valence-electron chi connectivity index (χ0n) is 16.6. The Morgan fingerprint density at radius 3 is 2.67 bits per heavy atom. The van der Waals surface area contributed by atoms with Crippen molar-refractivity contribution in [2.75, 3.05) is 11.9 Å². The van der Waals surface area contributed by atoms with Crippen molar-refractivity contribution in [3.63, 3.8) is 0 Å². The van der Waals surface area contributed by atoms with Crippen LogP contribution in [0.4, 0.5) is 5.69 Å². The van der Waals surface area contributed by atoms with Crippen molar-refractivity contribution < 1.29 is 18.8 Å². The van der Waals surface area contributed by atoms with Gasteiger partial charge in [-0.1, -0.05) is 29.8 Å². The first-order chi connectivity index (χ1) is 14.3. The van der Waals surface area contributed by atoms with Gasteiger partial charge in [-0.05, 0) is 42.8 Å². The number of fused-ring (bicyclic) bond motifs is 2. The quantitative estimate of drug-likeness (QED) is 0.526. The summed E-state index contributed by atoms with van der Waals surface area (Å²) in [5.41, 5.74) is 2.78. The minimum atomic E-state index is -0.325. The average Bonchev–Trinajstić information content (AvgIpc) is 3.22. The molecule has 1 aromatic heterocycles. The molecule has 0 bridgehead atoms.